The molecule has 3 heterocycles. The van der Waals surface area contributed by atoms with Gasteiger partial charge in [-0.05, 0) is 38.0 Å². The quantitative estimate of drug-likeness (QED) is 0.563. The Kier molecular flexibility index (Phi) is 6.15. The Morgan fingerprint density at radius 2 is 1.97 bits per heavy atom. The zero-order chi connectivity index (χ0) is 23.0. The molecule has 3 aromatic heterocycles. The molecule has 0 aliphatic heterocycles. The molecule has 0 saturated carbocycles. The third-order valence-electron chi connectivity index (χ3n) is 4.79. The van der Waals surface area contributed by atoms with Gasteiger partial charge in [0.05, 0.1) is 29.0 Å². The molecule has 2 N–H and O–H groups in total. The number of nitrogens with one attached hydrogen (secondary N) is 1. The van der Waals surface area contributed by atoms with Crippen molar-refractivity contribution in [2.24, 2.45) is 13.0 Å². The van der Waals surface area contributed by atoms with Gasteiger partial charge in [0, 0.05) is 31.6 Å². The molecule has 0 radical (unpaired) electrons. The summed E-state index contributed by atoms with van der Waals surface area (Å²) in [7, 11) is -1.51. The molecule has 0 aliphatic rings. The normalized spacial score (nSPS) is 13.4. The molecule has 0 fully saturated rings. The van der Waals surface area contributed by atoms with E-state index in [0.717, 1.165) is 0 Å². The summed E-state index contributed by atoms with van der Waals surface area (Å²) in [5, 5.41) is 13.6. The molecule has 9 nitrogen and oxygen atoms in total. The first-order valence-corrected chi connectivity index (χ1v) is 11.9. The number of sulfone groups is 1. The smallest absolute Gasteiger partial charge is 0.264 e. The fourth-order valence-electron chi connectivity index (χ4n) is 3.25. The lowest BCUT2D eigenvalue weighted by Crippen LogP contribution is -2.23. The molecule has 0 aromatic carbocycles. The van der Waals surface area contributed by atoms with Crippen LogP contribution < -0.4 is 10.9 Å². The van der Waals surface area contributed by atoms with Crippen molar-refractivity contribution in [3.05, 3.63) is 46.8 Å². The average molecular weight is 446 g/mol. The highest BCUT2D eigenvalue weighted by atomic mass is 32.2. The highest BCUT2D eigenvalue weighted by Crippen LogP contribution is 2.26. The van der Waals surface area contributed by atoms with Crippen LogP contribution >= 0.6 is 0 Å². The maximum Gasteiger partial charge on any atom is 0.264 e. The zero-order valence-electron chi connectivity index (χ0n) is 18.2. The van der Waals surface area contributed by atoms with Gasteiger partial charge in [-0.2, -0.15) is 0 Å². The Labute approximate surface area is 181 Å². The highest BCUT2D eigenvalue weighted by molar-refractivity contribution is 7.90. The lowest BCUT2D eigenvalue weighted by atomic mass is 10.0. The fraction of sp³-hybridized carbons (Fsp3) is 0.429. The molecule has 3 aromatic rings. The third kappa shape index (κ3) is 5.45. The molecule has 166 valence electrons. The van der Waals surface area contributed by atoms with Crippen LogP contribution in [0.25, 0.3) is 22.2 Å². The van der Waals surface area contributed by atoms with Crippen LogP contribution in [-0.2, 0) is 22.5 Å². The molecule has 0 bridgehead atoms. The van der Waals surface area contributed by atoms with Gasteiger partial charge < -0.3 is 15.0 Å². The lowest BCUT2D eigenvalue weighted by molar-refractivity contribution is 0.0739. The number of aliphatic hydroxyl groups is 1. The van der Waals surface area contributed by atoms with Gasteiger partial charge in [0.15, 0.2) is 0 Å². The number of aromatic nitrogens is 4. The van der Waals surface area contributed by atoms with Crippen LogP contribution in [0.5, 0.6) is 0 Å². The standard InChI is InChI=1S/C21H27N5O4S/c1-13(11-31(5,29)30)9-23-19-18-16(24-12-26(4)20(18)27)8-15(25-19)14-6-7-17(22-10-14)21(2,3)28/h6-8,10,12-13,28H,9,11H2,1-5H3,(H,23,25)/t13-/m0/s1. The predicted molar refractivity (Wildman–Crippen MR) is 121 cm³/mol. The molecule has 0 aliphatic carbocycles. The number of hydrogen-bond donors (Lipinski definition) is 2. The summed E-state index contributed by atoms with van der Waals surface area (Å²) in [5.74, 6) is 0.188. The van der Waals surface area contributed by atoms with E-state index in [-0.39, 0.29) is 17.2 Å². The second-order valence-corrected chi connectivity index (χ2v) is 10.7. The van der Waals surface area contributed by atoms with Crippen molar-refractivity contribution in [1.82, 2.24) is 19.5 Å². The van der Waals surface area contributed by atoms with Crippen molar-refractivity contribution < 1.29 is 13.5 Å². The van der Waals surface area contributed by atoms with Crippen LogP contribution in [0.4, 0.5) is 5.82 Å². The number of hydrogen-bond acceptors (Lipinski definition) is 8. The van der Waals surface area contributed by atoms with Gasteiger partial charge in [-0.3, -0.25) is 9.78 Å². The third-order valence-corrected chi connectivity index (χ3v) is 5.97. The largest absolute Gasteiger partial charge is 0.384 e. The summed E-state index contributed by atoms with van der Waals surface area (Å²) < 4.78 is 24.5. The minimum atomic E-state index is -3.12. The number of aryl methyl sites for hydroxylation is 1. The second kappa shape index (κ2) is 8.35. The van der Waals surface area contributed by atoms with E-state index in [1.165, 1.54) is 17.2 Å². The molecule has 0 amide bonds. The summed E-state index contributed by atoms with van der Waals surface area (Å²) in [6.07, 6.45) is 4.25. The first-order valence-electron chi connectivity index (χ1n) is 9.82. The summed E-state index contributed by atoms with van der Waals surface area (Å²) in [6.45, 7) is 5.45. The van der Waals surface area contributed by atoms with E-state index in [9.17, 15) is 18.3 Å². The summed E-state index contributed by atoms with van der Waals surface area (Å²) in [6, 6.07) is 5.23. The first kappa shape index (κ1) is 22.8. The topological polar surface area (TPSA) is 127 Å². The minimum absolute atomic E-state index is 0.0240. The minimum Gasteiger partial charge on any atom is -0.384 e. The van der Waals surface area contributed by atoms with Gasteiger partial charge in [0.1, 0.15) is 26.6 Å². The summed E-state index contributed by atoms with van der Waals surface area (Å²) >= 11 is 0. The van der Waals surface area contributed by atoms with Crippen molar-refractivity contribution >= 4 is 26.6 Å². The van der Waals surface area contributed by atoms with Crippen molar-refractivity contribution in [2.45, 2.75) is 26.4 Å². The number of pyridine rings is 2. The second-order valence-electron chi connectivity index (χ2n) is 8.48. The van der Waals surface area contributed by atoms with Crippen LogP contribution in [0.1, 0.15) is 26.5 Å². The van der Waals surface area contributed by atoms with Crippen LogP contribution in [0, 0.1) is 5.92 Å². The Morgan fingerprint density at radius 1 is 1.26 bits per heavy atom. The van der Waals surface area contributed by atoms with Gasteiger partial charge in [0.2, 0.25) is 0 Å². The zero-order valence-corrected chi connectivity index (χ0v) is 19.1. The molecule has 0 spiro atoms. The van der Waals surface area contributed by atoms with E-state index in [0.29, 0.717) is 40.2 Å². The Hall–Kier alpha value is -2.85. The predicted octanol–water partition coefficient (Wildman–Crippen LogP) is 1.71. The Balaban J connectivity index is 2.05. The molecule has 0 saturated heterocycles. The molecule has 10 heteroatoms. The van der Waals surface area contributed by atoms with Crippen molar-refractivity contribution in [3.63, 3.8) is 0 Å². The van der Waals surface area contributed by atoms with Crippen LogP contribution in [-0.4, -0.2) is 51.6 Å². The van der Waals surface area contributed by atoms with Gasteiger partial charge >= 0.3 is 0 Å². The Bertz CT molecular complexity index is 1260. The van der Waals surface area contributed by atoms with E-state index >= 15 is 0 Å². The van der Waals surface area contributed by atoms with Crippen molar-refractivity contribution in [3.8, 4) is 11.3 Å². The van der Waals surface area contributed by atoms with Gasteiger partial charge in [-0.15, -0.1) is 0 Å². The van der Waals surface area contributed by atoms with E-state index in [4.69, 9.17) is 0 Å². The van der Waals surface area contributed by atoms with E-state index < -0.39 is 15.4 Å². The molecule has 0 unspecified atom stereocenters. The monoisotopic (exact) mass is 445 g/mol. The highest BCUT2D eigenvalue weighted by Gasteiger charge is 2.19. The van der Waals surface area contributed by atoms with Crippen LogP contribution in [0.3, 0.4) is 0 Å². The molecule has 1 atom stereocenters. The van der Waals surface area contributed by atoms with E-state index in [1.54, 1.807) is 45.3 Å². The van der Waals surface area contributed by atoms with Gasteiger partial charge in [0.25, 0.3) is 5.56 Å². The van der Waals surface area contributed by atoms with Crippen LogP contribution in [0.15, 0.2) is 35.5 Å². The summed E-state index contributed by atoms with van der Waals surface area (Å²) in [5.41, 5.74) is 0.935. The lowest BCUT2D eigenvalue weighted by Gasteiger charge is -2.17. The number of nitrogens with zero attached hydrogens (tertiary/aromatic N) is 4. The fourth-order valence-corrected chi connectivity index (χ4v) is 4.40. The Morgan fingerprint density at radius 3 is 2.55 bits per heavy atom. The van der Waals surface area contributed by atoms with Gasteiger partial charge in [-0.25, -0.2) is 18.4 Å². The number of fused-ring (bicyclic) bond motifs is 1. The van der Waals surface area contributed by atoms with E-state index in [2.05, 4.69) is 20.3 Å². The van der Waals surface area contributed by atoms with Gasteiger partial charge in [-0.1, -0.05) is 6.92 Å². The summed E-state index contributed by atoms with van der Waals surface area (Å²) in [4.78, 5) is 26.0. The SMILES string of the molecule is C[C@@H](CNc1nc(-c2ccc(C(C)(C)O)nc2)cc2ncn(C)c(=O)c12)CS(C)(=O)=O. The van der Waals surface area contributed by atoms with Crippen molar-refractivity contribution in [2.75, 3.05) is 23.9 Å². The average Bonchev–Trinajstić information content (AvgIpc) is 2.67. The van der Waals surface area contributed by atoms with E-state index in [1.807, 2.05) is 6.92 Å². The molecule has 3 rings (SSSR count). The number of rotatable bonds is 7. The molecular weight excluding hydrogens is 418 g/mol. The molecular formula is C21H27N5O4S. The van der Waals surface area contributed by atoms with Crippen LogP contribution in [0.2, 0.25) is 0 Å². The number of anilines is 1. The maximum atomic E-state index is 12.7. The first-order chi connectivity index (χ1) is 14.3. The molecule has 31 heavy (non-hydrogen) atoms. The maximum absolute atomic E-state index is 12.7. The van der Waals surface area contributed by atoms with Crippen molar-refractivity contribution in [1.29, 1.82) is 0 Å².